The molecule has 1 aliphatic rings. The van der Waals surface area contributed by atoms with Gasteiger partial charge in [-0.15, -0.1) is 0 Å². The van der Waals surface area contributed by atoms with Crippen LogP contribution < -0.4 is 15.4 Å². The maximum Gasteiger partial charge on any atom is 0.265 e. The third-order valence-corrected chi connectivity index (χ3v) is 4.94. The zero-order valence-corrected chi connectivity index (χ0v) is 16.9. The lowest BCUT2D eigenvalue weighted by Gasteiger charge is -2.15. The predicted molar refractivity (Wildman–Crippen MR) is 112 cm³/mol. The van der Waals surface area contributed by atoms with E-state index in [1.807, 2.05) is 24.3 Å². The Bertz CT molecular complexity index is 812. The molecule has 2 aromatic carbocycles. The second-order valence-corrected chi connectivity index (χ2v) is 7.17. The Kier molecular flexibility index (Phi) is 7.25. The standard InChI is InChI=1S/C23H28N2O4/c1-3-17-6-12-20(13-7-17)29-16(2)22(26)25-19-10-8-18(9-11-19)23(27)24-15-21-5-4-14-28-21/h6-13,16,21H,3-5,14-15H2,1-2H3,(H,24,27)(H,25,26). The lowest BCUT2D eigenvalue weighted by atomic mass is 10.1. The van der Waals surface area contributed by atoms with Gasteiger partial charge in [-0.3, -0.25) is 9.59 Å². The van der Waals surface area contributed by atoms with Gasteiger partial charge in [0.15, 0.2) is 6.10 Å². The molecule has 1 saturated heterocycles. The summed E-state index contributed by atoms with van der Waals surface area (Å²) >= 11 is 0. The van der Waals surface area contributed by atoms with Crippen molar-refractivity contribution in [3.05, 3.63) is 59.7 Å². The molecular formula is C23H28N2O4. The SMILES string of the molecule is CCc1ccc(OC(C)C(=O)Nc2ccc(C(=O)NCC3CCCO3)cc2)cc1. The minimum atomic E-state index is -0.642. The number of anilines is 1. The molecule has 2 N–H and O–H groups in total. The van der Waals surface area contributed by atoms with Crippen LogP contribution in [-0.4, -0.2) is 37.2 Å². The van der Waals surface area contributed by atoms with Gasteiger partial charge in [-0.2, -0.15) is 0 Å². The fraction of sp³-hybridized carbons (Fsp3) is 0.391. The summed E-state index contributed by atoms with van der Waals surface area (Å²) in [5, 5.41) is 5.70. The number of carbonyl (C=O) groups is 2. The summed E-state index contributed by atoms with van der Waals surface area (Å²) in [6.45, 7) is 5.08. The first kappa shape index (κ1) is 20.9. The first-order valence-electron chi connectivity index (χ1n) is 10.1. The molecule has 1 heterocycles. The summed E-state index contributed by atoms with van der Waals surface area (Å²) in [5.41, 5.74) is 2.37. The molecule has 1 fully saturated rings. The Morgan fingerprint density at radius 3 is 2.48 bits per heavy atom. The molecule has 2 atom stereocenters. The average Bonchev–Trinajstić information content (AvgIpc) is 3.26. The molecule has 3 rings (SSSR count). The molecule has 2 unspecified atom stereocenters. The van der Waals surface area contributed by atoms with Crippen molar-refractivity contribution >= 4 is 17.5 Å². The highest BCUT2D eigenvalue weighted by Gasteiger charge is 2.17. The van der Waals surface area contributed by atoms with Crippen LogP contribution in [-0.2, 0) is 16.0 Å². The van der Waals surface area contributed by atoms with Crippen molar-refractivity contribution in [2.45, 2.75) is 45.3 Å². The normalized spacial score (nSPS) is 16.8. The summed E-state index contributed by atoms with van der Waals surface area (Å²) < 4.78 is 11.2. The number of amides is 2. The minimum absolute atomic E-state index is 0.108. The van der Waals surface area contributed by atoms with Crippen molar-refractivity contribution in [2.24, 2.45) is 0 Å². The van der Waals surface area contributed by atoms with Gasteiger partial charge in [0.1, 0.15) is 5.75 Å². The van der Waals surface area contributed by atoms with E-state index >= 15 is 0 Å². The third-order valence-electron chi connectivity index (χ3n) is 4.94. The predicted octanol–water partition coefficient (Wildman–Crippen LogP) is 3.56. The molecule has 2 amide bonds. The van der Waals surface area contributed by atoms with Gasteiger partial charge in [-0.05, 0) is 68.1 Å². The second kappa shape index (κ2) is 10.1. The Morgan fingerprint density at radius 1 is 1.14 bits per heavy atom. The summed E-state index contributed by atoms with van der Waals surface area (Å²) in [6.07, 6.45) is 2.45. The van der Waals surface area contributed by atoms with E-state index < -0.39 is 6.10 Å². The number of benzene rings is 2. The number of hydrogen-bond donors (Lipinski definition) is 2. The number of ether oxygens (including phenoxy) is 2. The van der Waals surface area contributed by atoms with Gasteiger partial charge in [0, 0.05) is 24.4 Å². The van der Waals surface area contributed by atoms with Crippen LogP contribution in [0.2, 0.25) is 0 Å². The van der Waals surface area contributed by atoms with E-state index in [0.29, 0.717) is 23.5 Å². The van der Waals surface area contributed by atoms with E-state index in [1.54, 1.807) is 31.2 Å². The lowest BCUT2D eigenvalue weighted by molar-refractivity contribution is -0.122. The number of carbonyl (C=O) groups excluding carboxylic acids is 2. The molecule has 154 valence electrons. The van der Waals surface area contributed by atoms with Gasteiger partial charge in [0.25, 0.3) is 11.8 Å². The monoisotopic (exact) mass is 396 g/mol. The average molecular weight is 396 g/mol. The third kappa shape index (κ3) is 6.06. The van der Waals surface area contributed by atoms with Gasteiger partial charge >= 0.3 is 0 Å². The Balaban J connectivity index is 1.48. The van der Waals surface area contributed by atoms with Gasteiger partial charge < -0.3 is 20.1 Å². The first-order valence-corrected chi connectivity index (χ1v) is 10.1. The zero-order valence-electron chi connectivity index (χ0n) is 16.9. The highest BCUT2D eigenvalue weighted by molar-refractivity contribution is 5.96. The molecule has 0 spiro atoms. The van der Waals surface area contributed by atoms with Gasteiger partial charge in [-0.25, -0.2) is 0 Å². The molecule has 0 bridgehead atoms. The molecule has 6 nitrogen and oxygen atoms in total. The molecule has 2 aromatic rings. The van der Waals surface area contributed by atoms with Crippen LogP contribution in [0.15, 0.2) is 48.5 Å². The van der Waals surface area contributed by atoms with Gasteiger partial charge in [-0.1, -0.05) is 19.1 Å². The van der Waals surface area contributed by atoms with E-state index in [-0.39, 0.29) is 17.9 Å². The van der Waals surface area contributed by atoms with E-state index in [2.05, 4.69) is 17.6 Å². The van der Waals surface area contributed by atoms with Crippen LogP contribution in [0.3, 0.4) is 0 Å². The van der Waals surface area contributed by atoms with Crippen molar-refractivity contribution < 1.29 is 19.1 Å². The van der Waals surface area contributed by atoms with Crippen molar-refractivity contribution in [3.8, 4) is 5.75 Å². The summed E-state index contributed by atoms with van der Waals surface area (Å²) in [6, 6.07) is 14.5. The van der Waals surface area contributed by atoms with Crippen LogP contribution in [0.1, 0.15) is 42.6 Å². The van der Waals surface area contributed by atoms with Crippen molar-refractivity contribution in [1.82, 2.24) is 5.32 Å². The fourth-order valence-electron chi connectivity index (χ4n) is 3.12. The van der Waals surface area contributed by atoms with Crippen LogP contribution in [0.4, 0.5) is 5.69 Å². The number of hydrogen-bond acceptors (Lipinski definition) is 4. The lowest BCUT2D eigenvalue weighted by Crippen LogP contribution is -2.32. The second-order valence-electron chi connectivity index (χ2n) is 7.17. The van der Waals surface area contributed by atoms with Crippen LogP contribution in [0, 0.1) is 0 Å². The van der Waals surface area contributed by atoms with Gasteiger partial charge in [0.2, 0.25) is 0 Å². The molecule has 0 radical (unpaired) electrons. The summed E-state index contributed by atoms with van der Waals surface area (Å²) in [5.74, 6) is 0.258. The van der Waals surface area contributed by atoms with Crippen molar-refractivity contribution in [1.29, 1.82) is 0 Å². The largest absolute Gasteiger partial charge is 0.481 e. The zero-order chi connectivity index (χ0) is 20.6. The smallest absolute Gasteiger partial charge is 0.265 e. The number of aryl methyl sites for hydroxylation is 1. The van der Waals surface area contributed by atoms with Crippen molar-refractivity contribution in [3.63, 3.8) is 0 Å². The number of rotatable bonds is 8. The van der Waals surface area contributed by atoms with E-state index in [4.69, 9.17) is 9.47 Å². The fourth-order valence-corrected chi connectivity index (χ4v) is 3.12. The van der Waals surface area contributed by atoms with Crippen LogP contribution in [0.5, 0.6) is 5.75 Å². The molecule has 1 aliphatic heterocycles. The van der Waals surface area contributed by atoms with E-state index in [0.717, 1.165) is 25.9 Å². The molecule has 6 heteroatoms. The van der Waals surface area contributed by atoms with Gasteiger partial charge in [0.05, 0.1) is 6.10 Å². The Labute approximate surface area is 171 Å². The minimum Gasteiger partial charge on any atom is -0.481 e. The van der Waals surface area contributed by atoms with Crippen LogP contribution in [0.25, 0.3) is 0 Å². The quantitative estimate of drug-likeness (QED) is 0.715. The summed E-state index contributed by atoms with van der Waals surface area (Å²) in [4.78, 5) is 24.6. The molecule has 29 heavy (non-hydrogen) atoms. The van der Waals surface area contributed by atoms with E-state index in [1.165, 1.54) is 5.56 Å². The van der Waals surface area contributed by atoms with E-state index in [9.17, 15) is 9.59 Å². The molecular weight excluding hydrogens is 368 g/mol. The van der Waals surface area contributed by atoms with Crippen LogP contribution >= 0.6 is 0 Å². The topological polar surface area (TPSA) is 76.7 Å². The highest BCUT2D eigenvalue weighted by atomic mass is 16.5. The molecule has 0 saturated carbocycles. The number of nitrogens with one attached hydrogen (secondary N) is 2. The first-order chi connectivity index (χ1) is 14.0. The molecule has 0 aliphatic carbocycles. The maximum atomic E-state index is 12.4. The van der Waals surface area contributed by atoms with Crippen molar-refractivity contribution in [2.75, 3.05) is 18.5 Å². The Morgan fingerprint density at radius 2 is 1.86 bits per heavy atom. The molecule has 0 aromatic heterocycles. The highest BCUT2D eigenvalue weighted by Crippen LogP contribution is 2.16. The Hall–Kier alpha value is -2.86. The summed E-state index contributed by atoms with van der Waals surface area (Å²) in [7, 11) is 0. The maximum absolute atomic E-state index is 12.4.